The lowest BCUT2D eigenvalue weighted by atomic mass is 9.81. The van der Waals surface area contributed by atoms with Gasteiger partial charge in [-0.15, -0.1) is 12.4 Å². The van der Waals surface area contributed by atoms with Gasteiger partial charge in [-0.3, -0.25) is 19.5 Å². The number of carbonyl (C=O) groups is 4. The van der Waals surface area contributed by atoms with E-state index in [1.807, 2.05) is 49.4 Å². The molecule has 60 heavy (non-hydrogen) atoms. The molecule has 322 valence electrons. The number of halogens is 5. The second-order valence-corrected chi connectivity index (χ2v) is 15.5. The highest BCUT2D eigenvalue weighted by molar-refractivity contribution is 5.98. The van der Waals surface area contributed by atoms with Gasteiger partial charge in [-0.05, 0) is 137 Å². The molecule has 1 aliphatic heterocycles. The molecular weight excluding hydrogens is 808 g/mol. The van der Waals surface area contributed by atoms with Crippen molar-refractivity contribution in [3.8, 4) is 22.5 Å². The van der Waals surface area contributed by atoms with Crippen molar-refractivity contribution in [1.29, 1.82) is 0 Å². The fraction of sp³-hybridized carbons (Fsp3) is 0.429. The molecule has 0 radical (unpaired) electrons. The molecule has 7 N–H and O–H groups in total. The number of aryl methyl sites for hydroxylation is 1. The number of likely N-dealkylation sites (tertiary alicyclic amines) is 1. The summed E-state index contributed by atoms with van der Waals surface area (Å²) in [6, 6.07) is 17.9. The average Bonchev–Trinajstić information content (AvgIpc) is 3.73. The van der Waals surface area contributed by atoms with Crippen molar-refractivity contribution in [2.45, 2.75) is 75.8 Å². The predicted octanol–water partition coefficient (Wildman–Crippen LogP) is 5.94. The maximum Gasteiger partial charge on any atom is 0.411 e. The lowest BCUT2D eigenvalue weighted by molar-refractivity contribution is -0.231. The van der Waals surface area contributed by atoms with E-state index in [1.165, 1.54) is 24.3 Å². The maximum atomic E-state index is 14.3. The van der Waals surface area contributed by atoms with Crippen molar-refractivity contribution < 1.29 is 41.8 Å². The molecule has 2 heterocycles. The minimum Gasteiger partial charge on any atom is -0.477 e. The molecule has 0 bridgehead atoms. The van der Waals surface area contributed by atoms with Gasteiger partial charge < -0.3 is 31.7 Å². The first-order chi connectivity index (χ1) is 28.0. The van der Waals surface area contributed by atoms with Gasteiger partial charge in [0.05, 0.1) is 0 Å². The fourth-order valence-electron chi connectivity index (χ4n) is 7.51. The van der Waals surface area contributed by atoms with Crippen molar-refractivity contribution >= 4 is 41.8 Å². The molecule has 0 spiro atoms. The van der Waals surface area contributed by atoms with Crippen LogP contribution in [0, 0.1) is 18.8 Å². The number of hydrogen-bond acceptors (Lipinski definition) is 8. The van der Waals surface area contributed by atoms with Crippen LogP contribution in [0.15, 0.2) is 66.7 Å². The number of alkyl halides is 4. The quantitative estimate of drug-likeness (QED) is 0.0833. The lowest BCUT2D eigenvalue weighted by Gasteiger charge is -2.29. The number of carbonyl (C=O) groups excluding carboxylic acids is 3. The summed E-state index contributed by atoms with van der Waals surface area (Å²) in [5.41, 5.74) is 10.4. The first-order valence-corrected chi connectivity index (χ1v) is 19.6. The molecule has 0 unspecified atom stereocenters. The fourth-order valence-corrected chi connectivity index (χ4v) is 7.51. The summed E-state index contributed by atoms with van der Waals surface area (Å²) in [6.07, 6.45) is 4.90. The average molecular weight is 857 g/mol. The van der Waals surface area contributed by atoms with E-state index in [2.05, 4.69) is 38.0 Å². The number of piperidine rings is 1. The van der Waals surface area contributed by atoms with Crippen LogP contribution in [0.4, 0.5) is 23.2 Å². The summed E-state index contributed by atoms with van der Waals surface area (Å²) < 4.78 is 55.9. The summed E-state index contributed by atoms with van der Waals surface area (Å²) in [4.78, 5) is 56.7. The summed E-state index contributed by atoms with van der Waals surface area (Å²) in [6.45, 7) is 4.39. The van der Waals surface area contributed by atoms with E-state index in [-0.39, 0.29) is 53.9 Å². The van der Waals surface area contributed by atoms with Crippen molar-refractivity contribution in [3.63, 3.8) is 0 Å². The number of nitrogens with two attached hydrogens (primary N) is 1. The largest absolute Gasteiger partial charge is 0.477 e. The van der Waals surface area contributed by atoms with E-state index in [1.54, 1.807) is 5.10 Å². The van der Waals surface area contributed by atoms with Crippen molar-refractivity contribution in [1.82, 2.24) is 30.7 Å². The Bertz CT molecular complexity index is 2140. The molecule has 1 aromatic heterocycles. The maximum absolute atomic E-state index is 14.3. The first kappa shape index (κ1) is 45.7. The van der Waals surface area contributed by atoms with Crippen LogP contribution in [-0.4, -0.2) is 93.6 Å². The van der Waals surface area contributed by atoms with Crippen LogP contribution in [0.3, 0.4) is 0 Å². The number of benzene rings is 3. The zero-order valence-electron chi connectivity index (χ0n) is 33.2. The van der Waals surface area contributed by atoms with Gasteiger partial charge in [-0.25, -0.2) is 9.78 Å². The number of nitrogens with one attached hydrogen (secondary N) is 4. The van der Waals surface area contributed by atoms with Crippen LogP contribution in [0.25, 0.3) is 22.5 Å². The number of anilines is 1. The normalized spacial score (nSPS) is 18.2. The van der Waals surface area contributed by atoms with E-state index < -0.39 is 41.4 Å². The zero-order chi connectivity index (χ0) is 42.5. The van der Waals surface area contributed by atoms with Crippen molar-refractivity contribution in [2.24, 2.45) is 17.6 Å². The van der Waals surface area contributed by atoms with Crippen molar-refractivity contribution in [3.05, 3.63) is 89.2 Å². The monoisotopic (exact) mass is 856 g/mol. The van der Waals surface area contributed by atoms with Crippen LogP contribution >= 0.6 is 12.4 Å². The van der Waals surface area contributed by atoms with E-state index in [4.69, 9.17) is 10.8 Å². The number of aromatic nitrogens is 3. The van der Waals surface area contributed by atoms with Crippen LogP contribution in [0.2, 0.25) is 0 Å². The Labute approximate surface area is 350 Å². The van der Waals surface area contributed by atoms with E-state index in [0.717, 1.165) is 61.0 Å². The lowest BCUT2D eigenvalue weighted by Crippen LogP contribution is -2.48. The van der Waals surface area contributed by atoms with Crippen LogP contribution in [-0.2, 0) is 26.7 Å². The number of aromatic amines is 1. The molecule has 3 aromatic carbocycles. The zero-order valence-corrected chi connectivity index (χ0v) is 34.0. The van der Waals surface area contributed by atoms with E-state index >= 15 is 0 Å². The van der Waals surface area contributed by atoms with Crippen molar-refractivity contribution in [2.75, 3.05) is 32.0 Å². The third-order valence-corrected chi connectivity index (χ3v) is 11.3. The number of carboxylic acids is 1. The Balaban J connectivity index is 0.00000683. The number of H-pyrrole nitrogens is 1. The van der Waals surface area contributed by atoms with Gasteiger partial charge in [0.25, 0.3) is 5.91 Å². The van der Waals surface area contributed by atoms with Gasteiger partial charge in [-0.2, -0.15) is 22.7 Å². The summed E-state index contributed by atoms with van der Waals surface area (Å²) in [5.74, 6) is -16.4. The molecule has 4 aromatic rings. The smallest absolute Gasteiger partial charge is 0.411 e. The molecule has 13 nitrogen and oxygen atoms in total. The molecule has 1 atom stereocenters. The summed E-state index contributed by atoms with van der Waals surface area (Å²) >= 11 is 0. The molecule has 3 amide bonds. The summed E-state index contributed by atoms with van der Waals surface area (Å²) in [7, 11) is 2.07. The molecule has 1 saturated carbocycles. The van der Waals surface area contributed by atoms with Gasteiger partial charge in [0, 0.05) is 35.2 Å². The second-order valence-electron chi connectivity index (χ2n) is 15.5. The topological polar surface area (TPSA) is 195 Å². The molecule has 1 aliphatic carbocycles. The van der Waals surface area contributed by atoms with Gasteiger partial charge in [0.1, 0.15) is 6.04 Å². The number of nitrogens with zero attached hydrogens (tertiary/aromatic N) is 3. The number of hydrogen-bond donors (Lipinski definition) is 6. The molecule has 2 fully saturated rings. The summed E-state index contributed by atoms with van der Waals surface area (Å²) in [5, 5.41) is 22.7. The number of aliphatic carboxylic acids is 1. The minimum absolute atomic E-state index is 0. The first-order valence-electron chi connectivity index (χ1n) is 19.6. The van der Waals surface area contributed by atoms with Gasteiger partial charge >= 0.3 is 17.8 Å². The van der Waals surface area contributed by atoms with Crippen LogP contribution in [0.5, 0.6) is 0 Å². The van der Waals surface area contributed by atoms with E-state index in [9.17, 15) is 36.7 Å². The minimum atomic E-state index is -5.44. The number of rotatable bonds is 14. The molecule has 2 aliphatic rings. The molecule has 6 rings (SSSR count). The van der Waals surface area contributed by atoms with E-state index in [0.29, 0.717) is 30.9 Å². The number of carboxylic acid groups (broad SMARTS) is 1. The van der Waals surface area contributed by atoms with Gasteiger partial charge in [-0.1, -0.05) is 30.3 Å². The molecular formula is C42H49ClF4N8O5. The highest BCUT2D eigenvalue weighted by atomic mass is 35.5. The Hall–Kier alpha value is -5.39. The highest BCUT2D eigenvalue weighted by Gasteiger charge is 2.65. The Morgan fingerprint density at radius 3 is 2.15 bits per heavy atom. The number of amides is 3. The SMILES string of the molecule is Cc1cc(C(=O)NC2CCN(C)CC2)ccc1-c1ccc(C[C@H](NC(=O)C2CCC(CN)CC2)C(=O)Nc2ccc(-c3n[nH]c(C(F)(F)C(F)(F)C(=O)O)n3)cc2)cc1.Cl. The van der Waals surface area contributed by atoms with Crippen LogP contribution in [0.1, 0.15) is 65.8 Å². The second kappa shape index (κ2) is 19.3. The van der Waals surface area contributed by atoms with Crippen LogP contribution < -0.4 is 21.7 Å². The van der Waals surface area contributed by atoms with Gasteiger partial charge in [0.2, 0.25) is 17.6 Å². The predicted molar refractivity (Wildman–Crippen MR) is 219 cm³/mol. The Kier molecular flexibility index (Phi) is 14.7. The van der Waals surface area contributed by atoms with Gasteiger partial charge in [0.15, 0.2) is 5.82 Å². The Morgan fingerprint density at radius 2 is 1.55 bits per heavy atom. The third kappa shape index (κ3) is 10.5. The highest BCUT2D eigenvalue weighted by Crippen LogP contribution is 2.42. The Morgan fingerprint density at radius 1 is 0.917 bits per heavy atom. The third-order valence-electron chi connectivity index (χ3n) is 11.3. The molecule has 18 heteroatoms. The standard InChI is InChI=1S/C42H48F4N8O5.ClH/c1-24-21-30(37(56)48-32-17-19-54(2)20-18-32)13-16-33(24)27-7-3-25(4-8-27)22-34(50-36(55)29-9-5-26(23-47)6-10-29)38(57)49-31-14-11-28(12-15-31)35-51-39(53-52-35)41(43,44)42(45,46)40(58)59;/h3-4,7-8,11-16,21,26,29,32,34H,5-6,9-10,17-20,22-23,47H2,1-2H3,(H,48,56)(H,49,57)(H,50,55)(H,58,59)(H,51,52,53);1H/t26?,29?,34-;/m0./s1. The molecule has 1 saturated heterocycles.